The number of benzene rings is 1. The monoisotopic (exact) mass is 496 g/mol. The van der Waals surface area contributed by atoms with Crippen molar-refractivity contribution in [3.05, 3.63) is 35.9 Å². The molecule has 9 heteroatoms. The van der Waals surface area contributed by atoms with Gasteiger partial charge in [-0.2, -0.15) is 5.26 Å². The Bertz CT molecular complexity index is 1030. The quantitative estimate of drug-likeness (QED) is 0.650. The number of hydrogen-bond donors (Lipinski definition) is 1. The van der Waals surface area contributed by atoms with Crippen molar-refractivity contribution in [3.63, 3.8) is 0 Å². The molecule has 5 aliphatic rings. The highest BCUT2D eigenvalue weighted by atomic mass is 19.1. The molecule has 192 valence electrons. The Morgan fingerprint density at radius 2 is 1.78 bits per heavy atom. The zero-order valence-corrected chi connectivity index (χ0v) is 20.5. The molecule has 3 amide bonds. The van der Waals surface area contributed by atoms with Gasteiger partial charge in [0, 0.05) is 30.3 Å². The molecule has 1 aromatic carbocycles. The number of amides is 3. The summed E-state index contributed by atoms with van der Waals surface area (Å²) in [6, 6.07) is 10.8. The van der Waals surface area contributed by atoms with Gasteiger partial charge in [-0.3, -0.25) is 9.59 Å². The van der Waals surface area contributed by atoms with Gasteiger partial charge in [0.1, 0.15) is 24.9 Å². The van der Waals surface area contributed by atoms with Gasteiger partial charge in [-0.05, 0) is 50.5 Å². The van der Waals surface area contributed by atoms with E-state index >= 15 is 0 Å². The molecule has 3 atom stereocenters. The molecule has 3 saturated carbocycles. The lowest BCUT2D eigenvalue weighted by atomic mass is 9.51. The third-order valence-corrected chi connectivity index (χ3v) is 8.89. The molecule has 2 heterocycles. The van der Waals surface area contributed by atoms with Crippen molar-refractivity contribution in [1.82, 2.24) is 15.1 Å². The average molecular weight is 497 g/mol. The van der Waals surface area contributed by atoms with Crippen LogP contribution in [0.3, 0.4) is 0 Å². The van der Waals surface area contributed by atoms with Gasteiger partial charge in [0.15, 0.2) is 0 Å². The molecule has 0 radical (unpaired) electrons. The second kappa shape index (κ2) is 9.72. The Balaban J connectivity index is 1.25. The number of fused-ring (bicyclic) bond motifs is 3. The summed E-state index contributed by atoms with van der Waals surface area (Å²) in [6.45, 7) is 1.23. The average Bonchev–Trinajstić information content (AvgIpc) is 3.27. The maximum absolute atomic E-state index is 13.7. The minimum Gasteiger partial charge on any atom is -0.441 e. The van der Waals surface area contributed by atoms with Gasteiger partial charge in [-0.1, -0.05) is 30.3 Å². The molecule has 5 fully saturated rings. The summed E-state index contributed by atoms with van der Waals surface area (Å²) < 4.78 is 19.7. The van der Waals surface area contributed by atoms with Gasteiger partial charge in [0.2, 0.25) is 11.8 Å². The topological polar surface area (TPSA) is 103 Å². The smallest absolute Gasteiger partial charge is 0.408 e. The number of nitriles is 1. The second-order valence-electron chi connectivity index (χ2n) is 10.9. The molecule has 2 saturated heterocycles. The van der Waals surface area contributed by atoms with E-state index < -0.39 is 30.3 Å². The minimum absolute atomic E-state index is 0.00690. The summed E-state index contributed by atoms with van der Waals surface area (Å²) in [6.07, 6.45) is 3.41. The standard InChI is InChI=1S/C27H33FN4O4/c28-20-15-21(16-29)32(18-20)22(33)17-30-25(35)36-23(19-5-2-1-3-6-19)26-7-10-27(11-8-26,12-9-26)24(34)31-13-4-14-31/h1-3,5-6,20-21,23H,4,7-15,17-18H2,(H,30,35)/t20-,21-,23?,26?,27?/m0/s1. The molecule has 6 rings (SSSR count). The van der Waals surface area contributed by atoms with Crippen LogP contribution in [0.15, 0.2) is 30.3 Å². The molecule has 36 heavy (non-hydrogen) atoms. The number of nitrogens with one attached hydrogen (secondary N) is 1. The first-order valence-electron chi connectivity index (χ1n) is 13.0. The summed E-state index contributed by atoms with van der Waals surface area (Å²) in [5.41, 5.74) is 0.355. The first-order chi connectivity index (χ1) is 17.4. The van der Waals surface area contributed by atoms with Crippen LogP contribution in [0.1, 0.15) is 63.0 Å². The molecular formula is C27H33FN4O4. The van der Waals surface area contributed by atoms with E-state index in [2.05, 4.69) is 5.32 Å². The van der Waals surface area contributed by atoms with Gasteiger partial charge in [-0.25, -0.2) is 9.18 Å². The molecule has 0 aromatic heterocycles. The number of alkyl carbamates (subject to hydrolysis) is 1. The van der Waals surface area contributed by atoms with E-state index in [1.807, 2.05) is 41.3 Å². The number of rotatable bonds is 6. The van der Waals surface area contributed by atoms with Crippen molar-refractivity contribution in [2.24, 2.45) is 10.8 Å². The van der Waals surface area contributed by atoms with Crippen LogP contribution in [-0.2, 0) is 14.3 Å². The Hall–Kier alpha value is -3.15. The first kappa shape index (κ1) is 24.5. The Morgan fingerprint density at radius 1 is 1.11 bits per heavy atom. The van der Waals surface area contributed by atoms with E-state index in [0.717, 1.165) is 63.6 Å². The lowest BCUT2D eigenvalue weighted by Crippen LogP contribution is -2.56. The highest BCUT2D eigenvalue weighted by molar-refractivity contribution is 5.84. The summed E-state index contributed by atoms with van der Waals surface area (Å²) in [4.78, 5) is 41.7. The van der Waals surface area contributed by atoms with E-state index in [9.17, 15) is 24.0 Å². The van der Waals surface area contributed by atoms with E-state index in [1.165, 1.54) is 4.90 Å². The molecule has 2 bridgehead atoms. The maximum atomic E-state index is 13.7. The number of likely N-dealkylation sites (tertiary alicyclic amines) is 2. The van der Waals surface area contributed by atoms with Gasteiger partial charge < -0.3 is 19.9 Å². The van der Waals surface area contributed by atoms with E-state index in [1.54, 1.807) is 0 Å². The Labute approximate surface area is 210 Å². The van der Waals surface area contributed by atoms with Crippen molar-refractivity contribution >= 4 is 17.9 Å². The molecule has 1 unspecified atom stereocenters. The molecule has 8 nitrogen and oxygen atoms in total. The number of carbonyl (C=O) groups is 3. The van der Waals surface area contributed by atoms with Gasteiger partial charge in [0.05, 0.1) is 12.6 Å². The second-order valence-corrected chi connectivity index (χ2v) is 10.9. The Morgan fingerprint density at radius 3 is 2.36 bits per heavy atom. The Kier molecular flexibility index (Phi) is 6.62. The first-order valence-corrected chi connectivity index (χ1v) is 13.0. The highest BCUT2D eigenvalue weighted by Crippen LogP contribution is 2.62. The predicted octanol–water partition coefficient (Wildman–Crippen LogP) is 3.49. The van der Waals surface area contributed by atoms with Crippen LogP contribution in [0, 0.1) is 22.2 Å². The lowest BCUT2D eigenvalue weighted by molar-refractivity contribution is -0.161. The number of nitrogens with zero attached hydrogens (tertiary/aromatic N) is 3. The third kappa shape index (κ3) is 4.42. The molecular weight excluding hydrogens is 463 g/mol. The van der Waals surface area contributed by atoms with Crippen LogP contribution in [0.2, 0.25) is 0 Å². The summed E-state index contributed by atoms with van der Waals surface area (Å²) in [7, 11) is 0. The van der Waals surface area contributed by atoms with Crippen molar-refractivity contribution in [1.29, 1.82) is 5.26 Å². The summed E-state index contributed by atoms with van der Waals surface area (Å²) in [5.74, 6) is -0.207. The largest absolute Gasteiger partial charge is 0.441 e. The summed E-state index contributed by atoms with van der Waals surface area (Å²) >= 11 is 0. The summed E-state index contributed by atoms with van der Waals surface area (Å²) in [5, 5.41) is 11.7. The molecule has 3 aliphatic carbocycles. The van der Waals surface area contributed by atoms with Gasteiger partial charge in [0.25, 0.3) is 0 Å². The molecule has 1 aromatic rings. The highest BCUT2D eigenvalue weighted by Gasteiger charge is 2.57. The minimum atomic E-state index is -1.23. The zero-order valence-electron chi connectivity index (χ0n) is 20.5. The van der Waals surface area contributed by atoms with Crippen LogP contribution >= 0.6 is 0 Å². The van der Waals surface area contributed by atoms with E-state index in [4.69, 9.17) is 4.74 Å². The maximum Gasteiger partial charge on any atom is 0.408 e. The van der Waals surface area contributed by atoms with Crippen molar-refractivity contribution in [3.8, 4) is 6.07 Å². The third-order valence-electron chi connectivity index (χ3n) is 8.89. The fraction of sp³-hybridized carbons (Fsp3) is 0.630. The zero-order chi connectivity index (χ0) is 25.3. The number of halogens is 1. The van der Waals surface area contributed by atoms with Gasteiger partial charge in [-0.15, -0.1) is 0 Å². The molecule has 2 aliphatic heterocycles. The molecule has 1 N–H and O–H groups in total. The van der Waals surface area contributed by atoms with E-state index in [-0.39, 0.29) is 30.3 Å². The van der Waals surface area contributed by atoms with Crippen LogP contribution in [0.4, 0.5) is 9.18 Å². The molecule has 0 spiro atoms. The number of alkyl halides is 1. The fourth-order valence-electron chi connectivity index (χ4n) is 6.54. The SMILES string of the molecule is N#C[C@@H]1C[C@H](F)CN1C(=O)CNC(=O)OC(c1ccccc1)C12CCC(C(=O)N3CCC3)(CC1)CC2. The van der Waals surface area contributed by atoms with Crippen LogP contribution in [-0.4, -0.2) is 66.1 Å². The predicted molar refractivity (Wildman–Crippen MR) is 128 cm³/mol. The van der Waals surface area contributed by atoms with Crippen LogP contribution in [0.25, 0.3) is 0 Å². The van der Waals surface area contributed by atoms with Crippen molar-refractivity contribution < 1.29 is 23.5 Å². The van der Waals surface area contributed by atoms with Crippen LogP contribution in [0.5, 0.6) is 0 Å². The number of ether oxygens (including phenoxy) is 1. The normalized spacial score (nSPS) is 31.8. The van der Waals surface area contributed by atoms with Crippen LogP contribution < -0.4 is 5.32 Å². The lowest BCUT2D eigenvalue weighted by Gasteiger charge is -2.56. The number of hydrogen-bond acceptors (Lipinski definition) is 5. The van der Waals surface area contributed by atoms with Gasteiger partial charge >= 0.3 is 6.09 Å². The fourth-order valence-corrected chi connectivity index (χ4v) is 6.54. The van der Waals surface area contributed by atoms with Crippen molar-refractivity contribution in [2.45, 2.75) is 69.7 Å². The number of carbonyl (C=O) groups excluding carboxylic acids is 3. The van der Waals surface area contributed by atoms with E-state index in [0.29, 0.717) is 5.91 Å². The van der Waals surface area contributed by atoms with Crippen molar-refractivity contribution in [2.75, 3.05) is 26.2 Å².